The van der Waals surface area contributed by atoms with E-state index in [9.17, 15) is 0 Å². The van der Waals surface area contributed by atoms with Crippen LogP contribution in [-0.2, 0) is 11.3 Å². The minimum atomic E-state index is 0.0313. The highest BCUT2D eigenvalue weighted by molar-refractivity contribution is 5.06. The van der Waals surface area contributed by atoms with Crippen molar-refractivity contribution in [1.29, 1.82) is 0 Å². The fourth-order valence-corrected chi connectivity index (χ4v) is 2.37. The SMILES string of the molecule is OCCN(CCO)Cc1cnc([C@@H]2CCCCO2)nc1. The topological polar surface area (TPSA) is 78.7 Å². The fourth-order valence-electron chi connectivity index (χ4n) is 2.37. The van der Waals surface area contributed by atoms with E-state index in [2.05, 4.69) is 9.97 Å². The van der Waals surface area contributed by atoms with Crippen molar-refractivity contribution < 1.29 is 14.9 Å². The van der Waals surface area contributed by atoms with Crippen molar-refractivity contribution in [3.63, 3.8) is 0 Å². The summed E-state index contributed by atoms with van der Waals surface area (Å²) in [6.07, 6.45) is 6.91. The molecule has 0 amide bonds. The number of hydrogen-bond acceptors (Lipinski definition) is 6. The molecule has 1 aromatic heterocycles. The van der Waals surface area contributed by atoms with Crippen LogP contribution in [0.1, 0.15) is 36.8 Å². The molecule has 1 aromatic rings. The first kappa shape index (κ1) is 15.3. The van der Waals surface area contributed by atoms with Gasteiger partial charge in [0, 0.05) is 44.2 Å². The highest BCUT2D eigenvalue weighted by atomic mass is 16.5. The Morgan fingerprint density at radius 3 is 2.40 bits per heavy atom. The monoisotopic (exact) mass is 281 g/mol. The molecular formula is C14H23N3O3. The van der Waals surface area contributed by atoms with E-state index in [4.69, 9.17) is 14.9 Å². The fraction of sp³-hybridized carbons (Fsp3) is 0.714. The lowest BCUT2D eigenvalue weighted by Crippen LogP contribution is -2.29. The second-order valence-corrected chi connectivity index (χ2v) is 5.03. The zero-order valence-electron chi connectivity index (χ0n) is 11.7. The minimum absolute atomic E-state index is 0.0313. The quantitative estimate of drug-likeness (QED) is 0.758. The van der Waals surface area contributed by atoms with Crippen LogP contribution < -0.4 is 0 Å². The Balaban J connectivity index is 1.92. The van der Waals surface area contributed by atoms with Gasteiger partial charge in [-0.3, -0.25) is 4.90 Å². The van der Waals surface area contributed by atoms with Gasteiger partial charge in [0.1, 0.15) is 6.10 Å². The molecule has 1 fully saturated rings. The normalized spacial score (nSPS) is 19.4. The number of aromatic nitrogens is 2. The maximum atomic E-state index is 8.98. The molecular weight excluding hydrogens is 258 g/mol. The molecule has 0 saturated carbocycles. The lowest BCUT2D eigenvalue weighted by Gasteiger charge is -2.22. The first-order valence-electron chi connectivity index (χ1n) is 7.20. The van der Waals surface area contributed by atoms with Gasteiger partial charge >= 0.3 is 0 Å². The molecule has 2 N–H and O–H groups in total. The van der Waals surface area contributed by atoms with E-state index in [0.29, 0.717) is 19.6 Å². The predicted molar refractivity (Wildman–Crippen MR) is 74.0 cm³/mol. The summed E-state index contributed by atoms with van der Waals surface area (Å²) in [5.74, 6) is 0.754. The predicted octanol–water partition coefficient (Wildman–Crippen LogP) is 0.505. The van der Waals surface area contributed by atoms with Gasteiger partial charge in [-0.05, 0) is 19.3 Å². The highest BCUT2D eigenvalue weighted by Gasteiger charge is 2.18. The van der Waals surface area contributed by atoms with Crippen LogP contribution in [0.4, 0.5) is 0 Å². The van der Waals surface area contributed by atoms with Crippen LogP contribution in [0, 0.1) is 0 Å². The largest absolute Gasteiger partial charge is 0.395 e. The summed E-state index contributed by atoms with van der Waals surface area (Å²) in [5, 5.41) is 18.0. The molecule has 0 radical (unpaired) electrons. The summed E-state index contributed by atoms with van der Waals surface area (Å²) >= 11 is 0. The Labute approximate surface area is 119 Å². The second-order valence-electron chi connectivity index (χ2n) is 5.03. The molecule has 2 heterocycles. The van der Waals surface area contributed by atoms with E-state index in [-0.39, 0.29) is 19.3 Å². The molecule has 0 aromatic carbocycles. The van der Waals surface area contributed by atoms with Crippen molar-refractivity contribution >= 4 is 0 Å². The first-order valence-corrected chi connectivity index (χ1v) is 7.20. The van der Waals surface area contributed by atoms with Gasteiger partial charge < -0.3 is 14.9 Å². The van der Waals surface area contributed by atoms with Crippen LogP contribution in [0.25, 0.3) is 0 Å². The molecule has 6 heteroatoms. The highest BCUT2D eigenvalue weighted by Crippen LogP contribution is 2.24. The summed E-state index contributed by atoms with van der Waals surface area (Å²) in [7, 11) is 0. The average molecular weight is 281 g/mol. The van der Waals surface area contributed by atoms with Gasteiger partial charge in [-0.2, -0.15) is 0 Å². The third kappa shape index (κ3) is 4.49. The molecule has 1 saturated heterocycles. The van der Waals surface area contributed by atoms with Crippen molar-refractivity contribution in [3.8, 4) is 0 Å². The van der Waals surface area contributed by atoms with E-state index in [1.54, 1.807) is 0 Å². The first-order chi connectivity index (χ1) is 9.83. The lowest BCUT2D eigenvalue weighted by atomic mass is 10.1. The van der Waals surface area contributed by atoms with Crippen LogP contribution in [0.2, 0.25) is 0 Å². The number of ether oxygens (including phenoxy) is 1. The van der Waals surface area contributed by atoms with Gasteiger partial charge in [-0.1, -0.05) is 0 Å². The van der Waals surface area contributed by atoms with Crippen LogP contribution in [0.15, 0.2) is 12.4 Å². The van der Waals surface area contributed by atoms with Crippen LogP contribution in [0.3, 0.4) is 0 Å². The number of aliphatic hydroxyl groups is 2. The summed E-state index contributed by atoms with van der Waals surface area (Å²) in [5.41, 5.74) is 0.978. The Morgan fingerprint density at radius 2 is 1.85 bits per heavy atom. The van der Waals surface area contributed by atoms with E-state index in [0.717, 1.165) is 37.3 Å². The zero-order chi connectivity index (χ0) is 14.2. The minimum Gasteiger partial charge on any atom is -0.395 e. The molecule has 112 valence electrons. The summed E-state index contributed by atoms with van der Waals surface area (Å²) in [4.78, 5) is 10.7. The summed E-state index contributed by atoms with van der Waals surface area (Å²) in [6, 6.07) is 0. The molecule has 0 bridgehead atoms. The second kappa shape index (κ2) is 8.26. The van der Waals surface area contributed by atoms with Crippen molar-refractivity contribution in [2.24, 2.45) is 0 Å². The van der Waals surface area contributed by atoms with Gasteiger partial charge in [0.25, 0.3) is 0 Å². The zero-order valence-corrected chi connectivity index (χ0v) is 11.7. The average Bonchev–Trinajstić information content (AvgIpc) is 2.49. The van der Waals surface area contributed by atoms with E-state index < -0.39 is 0 Å². The molecule has 1 aliphatic rings. The van der Waals surface area contributed by atoms with Crippen molar-refractivity contribution in [1.82, 2.24) is 14.9 Å². The van der Waals surface area contributed by atoms with Gasteiger partial charge in [0.05, 0.1) is 13.2 Å². The molecule has 1 atom stereocenters. The molecule has 20 heavy (non-hydrogen) atoms. The molecule has 1 aliphatic heterocycles. The van der Waals surface area contributed by atoms with Crippen molar-refractivity contribution in [2.45, 2.75) is 31.9 Å². The molecule has 2 rings (SSSR count). The number of hydrogen-bond donors (Lipinski definition) is 2. The Bertz CT molecular complexity index is 374. The standard InChI is InChI=1S/C14H23N3O3/c18-6-4-17(5-7-19)11-12-9-15-14(16-10-12)13-3-1-2-8-20-13/h9-10,13,18-19H,1-8,11H2/t13-/m0/s1. The maximum Gasteiger partial charge on any atom is 0.157 e. The van der Waals surface area contributed by atoms with E-state index in [1.165, 1.54) is 0 Å². The third-order valence-electron chi connectivity index (χ3n) is 3.43. The molecule has 0 unspecified atom stereocenters. The Kier molecular flexibility index (Phi) is 6.32. The maximum absolute atomic E-state index is 8.98. The Morgan fingerprint density at radius 1 is 1.15 bits per heavy atom. The smallest absolute Gasteiger partial charge is 0.157 e. The molecule has 0 spiro atoms. The third-order valence-corrected chi connectivity index (χ3v) is 3.43. The lowest BCUT2D eigenvalue weighted by molar-refractivity contribution is 0.00938. The van der Waals surface area contributed by atoms with Gasteiger partial charge in [0.2, 0.25) is 0 Å². The number of aliphatic hydroxyl groups excluding tert-OH is 2. The number of rotatable bonds is 7. The van der Waals surface area contributed by atoms with Gasteiger partial charge in [-0.15, -0.1) is 0 Å². The van der Waals surface area contributed by atoms with Crippen LogP contribution in [0.5, 0.6) is 0 Å². The summed E-state index contributed by atoms with van der Waals surface area (Å²) in [6.45, 7) is 2.65. The van der Waals surface area contributed by atoms with E-state index >= 15 is 0 Å². The van der Waals surface area contributed by atoms with Gasteiger partial charge in [-0.25, -0.2) is 9.97 Å². The van der Waals surface area contributed by atoms with Gasteiger partial charge in [0.15, 0.2) is 5.82 Å². The van der Waals surface area contributed by atoms with E-state index in [1.807, 2.05) is 17.3 Å². The number of nitrogens with zero attached hydrogens (tertiary/aromatic N) is 3. The van der Waals surface area contributed by atoms with Crippen molar-refractivity contribution in [2.75, 3.05) is 32.9 Å². The molecule has 6 nitrogen and oxygen atoms in total. The van der Waals surface area contributed by atoms with Crippen LogP contribution >= 0.6 is 0 Å². The molecule has 0 aliphatic carbocycles. The van der Waals surface area contributed by atoms with Crippen LogP contribution in [-0.4, -0.2) is 58.0 Å². The summed E-state index contributed by atoms with van der Waals surface area (Å²) < 4.78 is 5.66. The Hall–Kier alpha value is -1.08. The van der Waals surface area contributed by atoms with Crippen molar-refractivity contribution in [3.05, 3.63) is 23.8 Å².